The second kappa shape index (κ2) is 5.38. The normalized spacial score (nSPS) is 34.6. The predicted octanol–water partition coefficient (Wildman–Crippen LogP) is 2.35. The molecular formula is C14H25NO2. The maximum atomic E-state index is 11.8. The Morgan fingerprint density at radius 3 is 2.65 bits per heavy atom. The third-order valence-corrected chi connectivity index (χ3v) is 4.80. The lowest BCUT2D eigenvalue weighted by Gasteiger charge is -2.30. The second-order valence-electron chi connectivity index (χ2n) is 5.83. The quantitative estimate of drug-likeness (QED) is 0.748. The predicted molar refractivity (Wildman–Crippen MR) is 67.6 cm³/mol. The zero-order chi connectivity index (χ0) is 12.4. The van der Waals surface area contributed by atoms with E-state index in [1.165, 1.54) is 32.8 Å². The van der Waals surface area contributed by atoms with Crippen LogP contribution in [0.4, 0.5) is 0 Å². The molecule has 0 heterocycles. The van der Waals surface area contributed by atoms with Crippen molar-refractivity contribution < 1.29 is 9.53 Å². The molecule has 3 nitrogen and oxygen atoms in total. The first-order chi connectivity index (χ1) is 8.15. The molecule has 5 unspecified atom stereocenters. The van der Waals surface area contributed by atoms with Gasteiger partial charge in [0.05, 0.1) is 7.11 Å². The van der Waals surface area contributed by atoms with E-state index in [4.69, 9.17) is 4.74 Å². The van der Waals surface area contributed by atoms with Gasteiger partial charge in [0, 0.05) is 6.04 Å². The largest absolute Gasteiger partial charge is 0.468 e. The van der Waals surface area contributed by atoms with E-state index in [-0.39, 0.29) is 12.0 Å². The first kappa shape index (κ1) is 12.9. The molecule has 5 atom stereocenters. The highest BCUT2D eigenvalue weighted by Crippen LogP contribution is 2.44. The number of carbonyl (C=O) groups excluding carboxylic acids is 1. The van der Waals surface area contributed by atoms with Gasteiger partial charge in [0.15, 0.2) is 0 Å². The van der Waals surface area contributed by atoms with E-state index in [9.17, 15) is 4.79 Å². The summed E-state index contributed by atoms with van der Waals surface area (Å²) in [6.07, 6.45) is 6.38. The highest BCUT2D eigenvalue weighted by Gasteiger charge is 2.41. The van der Waals surface area contributed by atoms with Gasteiger partial charge in [-0.1, -0.05) is 26.7 Å². The molecule has 2 fully saturated rings. The Morgan fingerprint density at radius 1 is 1.41 bits per heavy atom. The minimum Gasteiger partial charge on any atom is -0.468 e. The van der Waals surface area contributed by atoms with Crippen LogP contribution in [0.2, 0.25) is 0 Å². The summed E-state index contributed by atoms with van der Waals surface area (Å²) in [5, 5.41) is 3.57. The summed E-state index contributed by atoms with van der Waals surface area (Å²) in [5.41, 5.74) is 0. The number of carbonyl (C=O) groups is 1. The van der Waals surface area contributed by atoms with Crippen LogP contribution in [0.1, 0.15) is 46.0 Å². The summed E-state index contributed by atoms with van der Waals surface area (Å²) in [6.45, 7) is 4.25. The Balaban J connectivity index is 1.95. The average molecular weight is 239 g/mol. The fraction of sp³-hybridized carbons (Fsp3) is 0.929. The average Bonchev–Trinajstić information content (AvgIpc) is 2.96. The molecule has 1 N–H and O–H groups in total. The maximum Gasteiger partial charge on any atom is 0.323 e. The van der Waals surface area contributed by atoms with E-state index >= 15 is 0 Å². The molecule has 0 aromatic heterocycles. The Morgan fingerprint density at radius 2 is 2.18 bits per heavy atom. The van der Waals surface area contributed by atoms with Gasteiger partial charge < -0.3 is 10.1 Å². The van der Waals surface area contributed by atoms with Gasteiger partial charge in [-0.05, 0) is 37.0 Å². The van der Waals surface area contributed by atoms with E-state index in [1.807, 2.05) is 0 Å². The second-order valence-corrected chi connectivity index (χ2v) is 5.83. The molecule has 0 aromatic rings. The fourth-order valence-electron chi connectivity index (χ4n) is 3.51. The van der Waals surface area contributed by atoms with Gasteiger partial charge in [-0.3, -0.25) is 4.79 Å². The molecule has 0 saturated heterocycles. The van der Waals surface area contributed by atoms with E-state index in [0.717, 1.165) is 18.3 Å². The minimum absolute atomic E-state index is 0.0953. The molecule has 2 bridgehead atoms. The van der Waals surface area contributed by atoms with E-state index in [2.05, 4.69) is 19.2 Å². The molecule has 2 rings (SSSR count). The Bertz CT molecular complexity index is 279. The number of rotatable bonds is 5. The smallest absolute Gasteiger partial charge is 0.323 e. The summed E-state index contributed by atoms with van der Waals surface area (Å²) < 4.78 is 4.92. The first-order valence-electron chi connectivity index (χ1n) is 6.99. The van der Waals surface area contributed by atoms with Crippen LogP contribution >= 0.6 is 0 Å². The van der Waals surface area contributed by atoms with Crippen LogP contribution in [0.15, 0.2) is 0 Å². The highest BCUT2D eigenvalue weighted by atomic mass is 16.5. The number of hydrogen-bond acceptors (Lipinski definition) is 3. The molecule has 0 amide bonds. The van der Waals surface area contributed by atoms with E-state index in [1.54, 1.807) is 0 Å². The third-order valence-electron chi connectivity index (χ3n) is 4.80. The van der Waals surface area contributed by atoms with Crippen molar-refractivity contribution in [2.75, 3.05) is 7.11 Å². The van der Waals surface area contributed by atoms with Crippen molar-refractivity contribution >= 4 is 5.97 Å². The highest BCUT2D eigenvalue weighted by molar-refractivity contribution is 5.76. The van der Waals surface area contributed by atoms with Gasteiger partial charge in [0.1, 0.15) is 6.04 Å². The molecule has 2 saturated carbocycles. The van der Waals surface area contributed by atoms with Crippen molar-refractivity contribution in [1.29, 1.82) is 0 Å². The molecule has 98 valence electrons. The van der Waals surface area contributed by atoms with Crippen molar-refractivity contribution in [3.63, 3.8) is 0 Å². The molecule has 17 heavy (non-hydrogen) atoms. The summed E-state index contributed by atoms with van der Waals surface area (Å²) in [6, 6.07) is 0.432. The lowest BCUT2D eigenvalue weighted by Crippen LogP contribution is -2.49. The van der Waals surface area contributed by atoms with Crippen LogP contribution in [0.25, 0.3) is 0 Å². The van der Waals surface area contributed by atoms with Crippen molar-refractivity contribution in [3.05, 3.63) is 0 Å². The van der Waals surface area contributed by atoms with E-state index < -0.39 is 0 Å². The van der Waals surface area contributed by atoms with Crippen molar-refractivity contribution in [2.24, 2.45) is 17.8 Å². The molecule has 2 aliphatic carbocycles. The molecule has 0 aliphatic heterocycles. The summed E-state index contributed by atoms with van der Waals surface area (Å²) in [4.78, 5) is 11.8. The summed E-state index contributed by atoms with van der Waals surface area (Å²) in [7, 11) is 1.49. The zero-order valence-corrected chi connectivity index (χ0v) is 11.2. The Hall–Kier alpha value is -0.570. The molecular weight excluding hydrogens is 214 g/mol. The van der Waals surface area contributed by atoms with Gasteiger partial charge in [-0.25, -0.2) is 0 Å². The molecule has 0 aromatic carbocycles. The number of hydrogen-bond donors (Lipinski definition) is 1. The van der Waals surface area contributed by atoms with E-state index in [0.29, 0.717) is 12.0 Å². The number of esters is 1. The van der Waals surface area contributed by atoms with Crippen molar-refractivity contribution in [3.8, 4) is 0 Å². The maximum absolute atomic E-state index is 11.8. The van der Waals surface area contributed by atoms with Crippen LogP contribution in [-0.2, 0) is 9.53 Å². The van der Waals surface area contributed by atoms with Gasteiger partial charge in [0.25, 0.3) is 0 Å². The number of methoxy groups -OCH3 is 1. The molecule has 0 radical (unpaired) electrons. The van der Waals surface area contributed by atoms with Crippen LogP contribution < -0.4 is 5.32 Å². The number of fused-ring (bicyclic) bond motifs is 2. The van der Waals surface area contributed by atoms with Crippen LogP contribution in [0, 0.1) is 17.8 Å². The lowest BCUT2D eigenvalue weighted by molar-refractivity contribution is -0.145. The Kier molecular flexibility index (Phi) is 4.08. The monoisotopic (exact) mass is 239 g/mol. The SMILES string of the molecule is CCC(C)C(NC1CC2CCC1C2)C(=O)OC. The number of nitrogens with one attached hydrogen (secondary N) is 1. The molecule has 3 heteroatoms. The van der Waals surface area contributed by atoms with Crippen molar-refractivity contribution in [1.82, 2.24) is 5.32 Å². The zero-order valence-electron chi connectivity index (χ0n) is 11.2. The standard InChI is InChI=1S/C14H25NO2/c1-4-9(2)13(14(16)17-3)15-12-8-10-5-6-11(12)7-10/h9-13,15H,4-8H2,1-3H3. The van der Waals surface area contributed by atoms with Gasteiger partial charge in [-0.2, -0.15) is 0 Å². The summed E-state index contributed by atoms with van der Waals surface area (Å²) in [5.74, 6) is 1.97. The number of ether oxygens (including phenoxy) is 1. The first-order valence-corrected chi connectivity index (χ1v) is 6.99. The van der Waals surface area contributed by atoms with Crippen LogP contribution in [0.5, 0.6) is 0 Å². The fourth-order valence-corrected chi connectivity index (χ4v) is 3.51. The molecule has 0 spiro atoms. The van der Waals surface area contributed by atoms with Crippen molar-refractivity contribution in [2.45, 2.75) is 58.0 Å². The minimum atomic E-state index is -0.116. The van der Waals surface area contributed by atoms with Gasteiger partial charge in [-0.15, -0.1) is 0 Å². The molecule has 2 aliphatic rings. The lowest BCUT2D eigenvalue weighted by atomic mass is 9.92. The topological polar surface area (TPSA) is 38.3 Å². The summed E-state index contributed by atoms with van der Waals surface area (Å²) >= 11 is 0. The third kappa shape index (κ3) is 2.65. The Labute approximate surface area is 104 Å². The van der Waals surface area contributed by atoms with Gasteiger partial charge >= 0.3 is 5.97 Å². The van der Waals surface area contributed by atoms with Gasteiger partial charge in [0.2, 0.25) is 0 Å². The van der Waals surface area contributed by atoms with Crippen LogP contribution in [-0.4, -0.2) is 25.2 Å². The van der Waals surface area contributed by atoms with Crippen LogP contribution in [0.3, 0.4) is 0 Å².